The van der Waals surface area contributed by atoms with Gasteiger partial charge in [-0.2, -0.15) is 49.8 Å². The maximum absolute atomic E-state index is 12.5. The molecule has 0 spiro atoms. The van der Waals surface area contributed by atoms with E-state index in [-0.39, 0.29) is 23.3 Å². The fourth-order valence-electron chi connectivity index (χ4n) is 17.0. The summed E-state index contributed by atoms with van der Waals surface area (Å²) >= 11 is 7.57. The number of carbonyl (C=O) groups excluding carboxylic acids is 3. The summed E-state index contributed by atoms with van der Waals surface area (Å²) in [4.78, 5) is 135. The number of carbonyl (C=O) groups is 3. The molecule has 35 heteroatoms. The molecule has 7 aromatic carbocycles. The summed E-state index contributed by atoms with van der Waals surface area (Å²) in [5, 5.41) is 19.8. The van der Waals surface area contributed by atoms with E-state index in [1.165, 1.54) is 138 Å². The number of Topliss-reactive ketones (excluding diaryl/α,β-unsaturated/α-hetero) is 3. The van der Waals surface area contributed by atoms with Gasteiger partial charge in [-0.25, -0.2) is 24.9 Å². The lowest BCUT2D eigenvalue weighted by Gasteiger charge is -2.26. The first-order valence-corrected chi connectivity index (χ1v) is 55.7. The average molecular weight is 2070 g/mol. The lowest BCUT2D eigenvalue weighted by Crippen LogP contribution is -2.15. The van der Waals surface area contributed by atoms with Gasteiger partial charge in [0.2, 0.25) is 29.7 Å². The SMILES string of the molecule is CC(C)C(=O)Cc1ccc(Sc2nc(NC3=NCC(C4CCC4)=C3)nc(C3CC3)n2)cc1.CC1=CC(Nc2nc(Sc3ccc(N)cc3)nc(C3CC3)n2)=NC1.CC1=CC(Nc2nc(Sc3cccc(N)c3)nc(C3CC3)n2)=NC1.O=C(Cc1ccc(Sc2nc(NC3=NCC(C4CC4)=C3)nc(C3CC3)n2)cc1)c1ccccc1.O=C(Cc1ccc(Sc2nc(NC3=NCC(C4CCC4)=C3)nc(C3CC3)n2)cc1)c1ccccc1. The standard InChI is InChI=1S/C28H27N5OS.C27H25N5OS.C25H29N5OS.2C17H18N6S/c34-24(20-5-2-1-3-6-20)15-18-9-13-23(14-10-18)35-28-32-26(21-11-12-21)31-27(33-28)30-25-16-22(17-29-25)19-7-4-8-19;33-23(19-4-2-1-3-5-19)14-17-6-12-22(13-7-17)34-27-31-25(20-10-11-20)30-26(32-27)29-24-15-21(16-28-24)18-8-9-18;1-15(2)21(31)12-16-6-10-20(11-7-16)32-25-29-23(18-8-9-18)28-24(30-25)27-22-13-19(14-26-22)17-4-3-5-17;1-10-8-14(19-9-10)20-16-21-15(11-2-3-11)22-17(23-16)24-13-6-4-12(18)5-7-13;1-10-7-14(19-9-10)20-16-21-15(11-5-6-11)22-17(23-16)24-13-4-2-3-12(18)8-13/h1-3,5-6,9-10,13-14,16,19,21H,4,7-8,11-12,15,17H2,(H,29,30,31,32,33);1-7,12-13,15,18,20H,8-11,14,16H2,(H,28,29,30,31,32);6-7,10-11,13,15,17-18H,3-5,8-9,12,14H2,1-2H3,(H,26,27,28,29,30);4-8,11H,2-3,9,18H2,1H3,(H,19,20,21,22,23);2-4,7-8,11H,5-6,9,18H2,1H3,(H,19,20,21,22,23). The maximum atomic E-state index is 12.5. The Bertz CT molecular complexity index is 7290. The number of nitrogens with one attached hydrogen (secondary N) is 5. The van der Waals surface area contributed by atoms with E-state index >= 15 is 0 Å². The van der Waals surface area contributed by atoms with Gasteiger partial charge in [0.25, 0.3) is 0 Å². The number of hydrogen-bond acceptors (Lipinski definition) is 35. The van der Waals surface area contributed by atoms with Crippen LogP contribution >= 0.6 is 58.8 Å². The van der Waals surface area contributed by atoms with Crippen LogP contribution in [0, 0.1) is 23.7 Å². The molecule has 5 aromatic heterocycles. The van der Waals surface area contributed by atoms with Crippen molar-refractivity contribution >= 4 is 146 Å². The van der Waals surface area contributed by atoms with Crippen LogP contribution in [0.4, 0.5) is 41.1 Å². The number of amidine groups is 5. The molecular weight excluding hydrogens is 1960 g/mol. The van der Waals surface area contributed by atoms with Crippen molar-refractivity contribution in [3.8, 4) is 0 Å². The Hall–Kier alpha value is -14.0. The van der Waals surface area contributed by atoms with E-state index in [0.717, 1.165) is 225 Å². The van der Waals surface area contributed by atoms with Gasteiger partial charge in [0.05, 0.1) is 32.7 Å². The Balaban J connectivity index is 0.000000110. The van der Waals surface area contributed by atoms with Crippen molar-refractivity contribution in [2.45, 2.75) is 242 Å². The van der Waals surface area contributed by atoms with E-state index in [2.05, 4.69) is 143 Å². The molecule has 8 saturated carbocycles. The number of anilines is 7. The van der Waals surface area contributed by atoms with E-state index in [1.807, 2.05) is 208 Å². The van der Waals surface area contributed by atoms with Gasteiger partial charge in [-0.3, -0.25) is 39.3 Å². The highest BCUT2D eigenvalue weighted by molar-refractivity contribution is 8.00. The van der Waals surface area contributed by atoms with E-state index in [9.17, 15) is 14.4 Å². The Labute approximate surface area is 888 Å². The van der Waals surface area contributed by atoms with E-state index in [1.54, 1.807) is 0 Å². The lowest BCUT2D eigenvalue weighted by atomic mass is 9.80. The quantitative estimate of drug-likeness (QED) is 0.0152. The topological polar surface area (TPSA) is 419 Å². The predicted molar refractivity (Wildman–Crippen MR) is 592 cm³/mol. The second kappa shape index (κ2) is 47.2. The molecule has 756 valence electrons. The van der Waals surface area contributed by atoms with Crippen molar-refractivity contribution in [2.75, 3.05) is 70.8 Å². The van der Waals surface area contributed by atoms with Crippen molar-refractivity contribution in [3.05, 3.63) is 297 Å². The molecule has 5 aliphatic heterocycles. The van der Waals surface area contributed by atoms with Gasteiger partial charge in [0.15, 0.2) is 37.3 Å². The molecule has 8 fully saturated rings. The number of nitrogen functional groups attached to an aromatic ring is 2. The van der Waals surface area contributed by atoms with Crippen LogP contribution in [0.2, 0.25) is 0 Å². The second-order valence-corrected chi connectivity index (χ2v) is 45.2. The van der Waals surface area contributed by atoms with Crippen LogP contribution in [0.25, 0.3) is 0 Å². The molecule has 0 saturated heterocycles. The molecule has 0 unspecified atom stereocenters. The largest absolute Gasteiger partial charge is 0.399 e. The summed E-state index contributed by atoms with van der Waals surface area (Å²) in [7, 11) is 0. The van der Waals surface area contributed by atoms with Crippen LogP contribution in [0.3, 0.4) is 0 Å². The van der Waals surface area contributed by atoms with Crippen molar-refractivity contribution in [3.63, 3.8) is 0 Å². The fraction of sp³-hybridized carbons (Fsp3) is 0.342. The van der Waals surface area contributed by atoms with E-state index in [4.69, 9.17) is 26.4 Å². The number of hydrogen-bond donors (Lipinski definition) is 7. The fourth-order valence-corrected chi connectivity index (χ4v) is 20.8. The van der Waals surface area contributed by atoms with Gasteiger partial charge in [-0.05, 0) is 347 Å². The van der Waals surface area contributed by atoms with Gasteiger partial charge >= 0.3 is 0 Å². The number of ketones is 3. The molecule has 0 bridgehead atoms. The summed E-state index contributed by atoms with van der Waals surface area (Å²) in [6, 6.07) is 58.5. The van der Waals surface area contributed by atoms with Gasteiger partial charge in [-0.15, -0.1) is 0 Å². The summed E-state index contributed by atoms with van der Waals surface area (Å²) in [5.41, 5.74) is 24.3. The third-order valence-electron chi connectivity index (χ3n) is 27.0. The summed E-state index contributed by atoms with van der Waals surface area (Å²) < 4.78 is 0. The highest BCUT2D eigenvalue weighted by Gasteiger charge is 2.36. The van der Waals surface area contributed by atoms with Gasteiger partial charge in [-0.1, -0.05) is 130 Å². The molecule has 10 heterocycles. The van der Waals surface area contributed by atoms with Crippen LogP contribution in [-0.4, -0.2) is 154 Å². The minimum atomic E-state index is 0.0603. The maximum Gasteiger partial charge on any atom is 0.232 e. The summed E-state index contributed by atoms with van der Waals surface area (Å²) in [6.07, 6.45) is 33.5. The second-order valence-electron chi connectivity index (χ2n) is 40.0. The van der Waals surface area contributed by atoms with E-state index in [0.29, 0.717) is 116 Å². The molecule has 0 amide bonds. The predicted octanol–water partition coefficient (Wildman–Crippen LogP) is 23.1. The summed E-state index contributed by atoms with van der Waals surface area (Å²) in [6.45, 7) is 11.8. The number of rotatable bonds is 32. The number of aromatic nitrogens is 15. The number of benzene rings is 7. The highest BCUT2D eigenvalue weighted by atomic mass is 32.2. The lowest BCUT2D eigenvalue weighted by molar-refractivity contribution is -0.121. The average Bonchev–Trinajstić information content (AvgIpc) is 1.65. The molecule has 149 heavy (non-hydrogen) atoms. The number of aliphatic imine (C=N–C) groups is 5. The van der Waals surface area contributed by atoms with Gasteiger partial charge in [0.1, 0.15) is 64.1 Å². The molecule has 12 aromatic rings. The molecule has 13 aliphatic rings. The third kappa shape index (κ3) is 29.2. The summed E-state index contributed by atoms with van der Waals surface area (Å²) in [5.74, 6) is 16.2. The van der Waals surface area contributed by atoms with E-state index < -0.39 is 0 Å². The molecule has 25 rings (SSSR count). The molecular formula is C114H117N27O3S5. The van der Waals surface area contributed by atoms with Crippen molar-refractivity contribution in [1.29, 1.82) is 0 Å². The van der Waals surface area contributed by atoms with Crippen LogP contribution < -0.4 is 38.1 Å². The number of nitrogens with two attached hydrogens (primary N) is 2. The minimum absolute atomic E-state index is 0.0603. The zero-order chi connectivity index (χ0) is 102. The first-order valence-electron chi connectivity index (χ1n) is 51.6. The van der Waals surface area contributed by atoms with Crippen LogP contribution in [0.5, 0.6) is 0 Å². The zero-order valence-corrected chi connectivity index (χ0v) is 87.7. The Morgan fingerprint density at radius 1 is 0.289 bits per heavy atom. The van der Waals surface area contributed by atoms with Crippen molar-refractivity contribution in [1.82, 2.24) is 74.8 Å². The zero-order valence-electron chi connectivity index (χ0n) is 83.7. The Morgan fingerprint density at radius 2 is 0.570 bits per heavy atom. The van der Waals surface area contributed by atoms with Gasteiger partial charge in [0, 0.05) is 102 Å². The Kier molecular flexibility index (Phi) is 32.0. The van der Waals surface area contributed by atoms with Gasteiger partial charge < -0.3 is 38.1 Å². The normalized spacial score (nSPS) is 17.4. The van der Waals surface area contributed by atoms with Crippen LogP contribution in [-0.2, 0) is 24.1 Å². The molecule has 8 aliphatic carbocycles. The first-order chi connectivity index (χ1) is 72.7. The van der Waals surface area contributed by atoms with Crippen molar-refractivity contribution in [2.24, 2.45) is 48.6 Å². The van der Waals surface area contributed by atoms with Crippen LogP contribution in [0.1, 0.15) is 239 Å². The van der Waals surface area contributed by atoms with Crippen LogP contribution in [0.15, 0.2) is 315 Å². The Morgan fingerprint density at radius 3 is 0.846 bits per heavy atom. The highest BCUT2D eigenvalue weighted by Crippen LogP contribution is 2.46. The molecule has 0 radical (unpaired) electrons. The number of nitrogens with zero attached hydrogens (tertiary/aromatic N) is 20. The van der Waals surface area contributed by atoms with Crippen molar-refractivity contribution < 1.29 is 14.4 Å². The first kappa shape index (κ1) is 101. The monoisotopic (exact) mass is 2070 g/mol. The molecule has 0 atom stereocenters. The molecule has 30 nitrogen and oxygen atoms in total. The third-order valence-corrected chi connectivity index (χ3v) is 31.3. The molecule has 9 N–H and O–H groups in total. The minimum Gasteiger partial charge on any atom is -0.399 e. The smallest absolute Gasteiger partial charge is 0.232 e.